The first-order valence-corrected chi connectivity index (χ1v) is 6.93. The third-order valence-electron chi connectivity index (χ3n) is 2.98. The Balaban J connectivity index is 1.93. The maximum Gasteiger partial charge on any atom is 0.311 e. The molecule has 0 saturated carbocycles. The molecule has 6 nitrogen and oxygen atoms in total. The summed E-state index contributed by atoms with van der Waals surface area (Å²) in [5, 5.41) is 10.9. The molecule has 0 amide bonds. The Hall–Kier alpha value is -2.67. The van der Waals surface area contributed by atoms with Gasteiger partial charge >= 0.3 is 10.6 Å². The van der Waals surface area contributed by atoms with Crippen LogP contribution >= 0.6 is 11.3 Å². The summed E-state index contributed by atoms with van der Waals surface area (Å²) in [5.74, 6) is 0.143. The number of nitro benzene ring substituents is 1. The summed E-state index contributed by atoms with van der Waals surface area (Å²) in [6, 6.07) is 13.4. The first-order chi connectivity index (χ1) is 10.2. The van der Waals surface area contributed by atoms with Crippen molar-refractivity contribution < 1.29 is 9.66 Å². The van der Waals surface area contributed by atoms with E-state index in [9.17, 15) is 14.9 Å². The average Bonchev–Trinajstić information content (AvgIpc) is 2.81. The number of para-hydroxylation sites is 3. The Morgan fingerprint density at radius 2 is 1.86 bits per heavy atom. The van der Waals surface area contributed by atoms with Gasteiger partial charge in [0, 0.05) is 6.07 Å². The van der Waals surface area contributed by atoms with Crippen LogP contribution in [0, 0.1) is 10.1 Å². The molecule has 0 unspecified atom stereocenters. The molecule has 106 valence electrons. The van der Waals surface area contributed by atoms with E-state index in [0.29, 0.717) is 0 Å². The molecule has 7 heteroatoms. The zero-order valence-electron chi connectivity index (χ0n) is 10.8. The van der Waals surface area contributed by atoms with Crippen LogP contribution in [-0.2, 0) is 6.73 Å². The molecule has 0 bridgehead atoms. The Bertz CT molecular complexity index is 869. The maximum atomic E-state index is 11.9. The Morgan fingerprint density at radius 3 is 2.67 bits per heavy atom. The van der Waals surface area contributed by atoms with Crippen molar-refractivity contribution in [2.45, 2.75) is 6.73 Å². The average molecular weight is 302 g/mol. The van der Waals surface area contributed by atoms with E-state index in [-0.39, 0.29) is 23.0 Å². The van der Waals surface area contributed by atoms with Crippen LogP contribution in [0.15, 0.2) is 53.3 Å². The standard InChI is InChI=1S/C14H10N2O4S/c17-14-15(11-6-2-4-8-13(11)21-14)9-20-12-7-3-1-5-10(12)16(18)19/h1-8H,9H2. The number of fused-ring (bicyclic) bond motifs is 1. The summed E-state index contributed by atoms with van der Waals surface area (Å²) in [4.78, 5) is 22.2. The number of benzene rings is 2. The first kappa shape index (κ1) is 13.3. The normalized spacial score (nSPS) is 10.7. The van der Waals surface area contributed by atoms with E-state index in [4.69, 9.17) is 4.74 Å². The molecule has 0 aliphatic rings. The van der Waals surface area contributed by atoms with Gasteiger partial charge in [0.25, 0.3) is 0 Å². The van der Waals surface area contributed by atoms with Crippen molar-refractivity contribution in [3.05, 3.63) is 68.3 Å². The van der Waals surface area contributed by atoms with Crippen LogP contribution in [0.4, 0.5) is 5.69 Å². The van der Waals surface area contributed by atoms with E-state index >= 15 is 0 Å². The summed E-state index contributed by atoms with van der Waals surface area (Å²) < 4.78 is 7.77. The van der Waals surface area contributed by atoms with Crippen LogP contribution in [-0.4, -0.2) is 9.49 Å². The van der Waals surface area contributed by atoms with Crippen LogP contribution < -0.4 is 9.61 Å². The Morgan fingerprint density at radius 1 is 1.14 bits per heavy atom. The molecule has 0 fully saturated rings. The van der Waals surface area contributed by atoms with Gasteiger partial charge in [0.05, 0.1) is 15.1 Å². The van der Waals surface area contributed by atoms with E-state index in [0.717, 1.165) is 21.6 Å². The van der Waals surface area contributed by atoms with Gasteiger partial charge in [-0.3, -0.25) is 19.5 Å². The smallest absolute Gasteiger partial charge is 0.311 e. The van der Waals surface area contributed by atoms with Crippen LogP contribution in [0.3, 0.4) is 0 Å². The fourth-order valence-electron chi connectivity index (χ4n) is 2.00. The number of hydrogen-bond donors (Lipinski definition) is 0. The summed E-state index contributed by atoms with van der Waals surface area (Å²) in [6.07, 6.45) is 0. The van der Waals surface area contributed by atoms with E-state index < -0.39 is 4.92 Å². The molecule has 0 radical (unpaired) electrons. The summed E-state index contributed by atoms with van der Waals surface area (Å²) in [5.41, 5.74) is 0.635. The molecule has 3 rings (SSSR count). The molecule has 0 spiro atoms. The molecule has 0 aliphatic carbocycles. The predicted octanol–water partition coefficient (Wildman–Crippen LogP) is 3.01. The highest BCUT2D eigenvalue weighted by atomic mass is 32.1. The highest BCUT2D eigenvalue weighted by Gasteiger charge is 2.14. The molecule has 0 N–H and O–H groups in total. The van der Waals surface area contributed by atoms with Gasteiger partial charge in [0.15, 0.2) is 12.5 Å². The van der Waals surface area contributed by atoms with Crippen LogP contribution in [0.1, 0.15) is 0 Å². The van der Waals surface area contributed by atoms with Crippen molar-refractivity contribution in [1.82, 2.24) is 4.57 Å². The number of nitrogens with zero attached hydrogens (tertiary/aromatic N) is 2. The molecular weight excluding hydrogens is 292 g/mol. The number of thiazole rings is 1. The molecular formula is C14H10N2O4S. The lowest BCUT2D eigenvalue weighted by Crippen LogP contribution is -2.16. The molecule has 1 aromatic heterocycles. The minimum absolute atomic E-state index is 0.0618. The van der Waals surface area contributed by atoms with Crippen molar-refractivity contribution in [2.24, 2.45) is 0 Å². The summed E-state index contributed by atoms with van der Waals surface area (Å²) >= 11 is 1.12. The Kier molecular flexibility index (Phi) is 3.41. The summed E-state index contributed by atoms with van der Waals surface area (Å²) in [7, 11) is 0. The van der Waals surface area contributed by atoms with Crippen molar-refractivity contribution in [2.75, 3.05) is 0 Å². The lowest BCUT2D eigenvalue weighted by atomic mass is 10.3. The van der Waals surface area contributed by atoms with Gasteiger partial charge in [0.1, 0.15) is 0 Å². The second-order valence-corrected chi connectivity index (χ2v) is 5.26. The van der Waals surface area contributed by atoms with E-state index in [1.807, 2.05) is 24.3 Å². The number of aromatic nitrogens is 1. The minimum atomic E-state index is -0.510. The van der Waals surface area contributed by atoms with Gasteiger partial charge in [-0.15, -0.1) is 0 Å². The van der Waals surface area contributed by atoms with Crippen LogP contribution in [0.5, 0.6) is 5.75 Å². The zero-order chi connectivity index (χ0) is 14.8. The fourth-order valence-corrected chi connectivity index (χ4v) is 2.88. The van der Waals surface area contributed by atoms with Crippen molar-refractivity contribution in [3.63, 3.8) is 0 Å². The largest absolute Gasteiger partial charge is 0.465 e. The van der Waals surface area contributed by atoms with Gasteiger partial charge < -0.3 is 4.74 Å². The van der Waals surface area contributed by atoms with Crippen molar-refractivity contribution in [3.8, 4) is 5.75 Å². The fraction of sp³-hybridized carbons (Fsp3) is 0.0714. The van der Waals surface area contributed by atoms with Gasteiger partial charge in [-0.1, -0.05) is 35.6 Å². The van der Waals surface area contributed by atoms with Crippen molar-refractivity contribution in [1.29, 1.82) is 0 Å². The van der Waals surface area contributed by atoms with E-state index in [1.54, 1.807) is 12.1 Å². The van der Waals surface area contributed by atoms with Gasteiger partial charge in [-0.25, -0.2) is 0 Å². The Labute approximate surface area is 123 Å². The second-order valence-electron chi connectivity index (χ2n) is 4.26. The first-order valence-electron chi connectivity index (χ1n) is 6.11. The third kappa shape index (κ3) is 2.50. The minimum Gasteiger partial charge on any atom is -0.465 e. The van der Waals surface area contributed by atoms with Gasteiger partial charge in [-0.05, 0) is 18.2 Å². The lowest BCUT2D eigenvalue weighted by molar-refractivity contribution is -0.386. The molecule has 0 atom stereocenters. The van der Waals surface area contributed by atoms with Gasteiger partial charge in [0.2, 0.25) is 0 Å². The SMILES string of the molecule is O=c1sc2ccccc2n1COc1ccccc1[N+](=O)[O-]. The van der Waals surface area contributed by atoms with E-state index in [1.165, 1.54) is 16.7 Å². The maximum absolute atomic E-state index is 11.9. The molecule has 3 aromatic rings. The molecule has 1 heterocycles. The number of nitro groups is 1. The summed E-state index contributed by atoms with van der Waals surface area (Å²) in [6.45, 7) is -0.0618. The highest BCUT2D eigenvalue weighted by Crippen LogP contribution is 2.26. The van der Waals surface area contributed by atoms with E-state index in [2.05, 4.69) is 0 Å². The van der Waals surface area contributed by atoms with Crippen molar-refractivity contribution >= 4 is 27.2 Å². The van der Waals surface area contributed by atoms with Crippen LogP contribution in [0.2, 0.25) is 0 Å². The topological polar surface area (TPSA) is 74.4 Å². The van der Waals surface area contributed by atoms with Gasteiger partial charge in [-0.2, -0.15) is 0 Å². The number of hydrogen-bond acceptors (Lipinski definition) is 5. The molecule has 0 saturated heterocycles. The number of rotatable bonds is 4. The second kappa shape index (κ2) is 5.37. The zero-order valence-corrected chi connectivity index (χ0v) is 11.6. The number of ether oxygens (including phenoxy) is 1. The lowest BCUT2D eigenvalue weighted by Gasteiger charge is -2.07. The predicted molar refractivity (Wildman–Crippen MR) is 79.8 cm³/mol. The molecule has 2 aromatic carbocycles. The molecule has 0 aliphatic heterocycles. The highest BCUT2D eigenvalue weighted by molar-refractivity contribution is 7.16. The monoisotopic (exact) mass is 302 g/mol. The van der Waals surface area contributed by atoms with Crippen LogP contribution in [0.25, 0.3) is 10.2 Å². The third-order valence-corrected chi connectivity index (χ3v) is 3.94. The molecule has 21 heavy (non-hydrogen) atoms. The quantitative estimate of drug-likeness (QED) is 0.548.